The minimum atomic E-state index is -1.61. The van der Waals surface area contributed by atoms with Gasteiger partial charge in [0.25, 0.3) is 11.5 Å². The number of nitrogens with one attached hydrogen (secondary N) is 1. The first-order chi connectivity index (χ1) is 35.8. The normalized spacial score (nSPS) is 11.2. The zero-order chi connectivity index (χ0) is 54.5. The molecule has 1 aliphatic heterocycles. The summed E-state index contributed by atoms with van der Waals surface area (Å²) in [5.74, 6) is -9.64. The lowest BCUT2D eigenvalue weighted by Crippen LogP contribution is -2.37. The van der Waals surface area contributed by atoms with Gasteiger partial charge in [0.15, 0.2) is 28.9 Å². The van der Waals surface area contributed by atoms with E-state index < -0.39 is 70.4 Å². The molecule has 8 rings (SSSR count). The molecular formula is C51H31BrCl3F6N7O7. The standard InChI is InChI=1S/C23H16BrClFN3O3.C16H11ClF2N2O3.C12H4ClF3N2O/c24-20-22(32-17-8-13(11-27)7-16(25)9-17)21(26)18(28-23(20)31)10-19(30)29-6-5-14-3-1-2-4-15(14)12-29;1-2-23-15(22)6-12-16(19)13(7-14(18)21-12)24-11-4-9(8-20)3-10(17)5-11;13-7-1-6(5-17)2-8(3-7)19-9-4-10(14)18-12(16)11(9)15/h1-4,7-9H,5-6,10,12H2,(H,28,31);3-5,7H,2,6H2,1H3;1-4H. The third-order valence-electron chi connectivity index (χ3n) is 10.0. The number of nitrogens with zero attached hydrogens (tertiary/aromatic N) is 6. The molecular weight excluding hydrogens is 1120 g/mol. The summed E-state index contributed by atoms with van der Waals surface area (Å²) in [4.78, 5) is 46.7. The predicted molar refractivity (Wildman–Crippen MR) is 261 cm³/mol. The molecule has 3 aromatic heterocycles. The Morgan fingerprint density at radius 1 is 0.693 bits per heavy atom. The Labute approximate surface area is 444 Å². The van der Waals surface area contributed by atoms with E-state index in [0.29, 0.717) is 25.6 Å². The number of esters is 1. The van der Waals surface area contributed by atoms with Gasteiger partial charge < -0.3 is 28.8 Å². The Kier molecular flexibility index (Phi) is 19.2. The van der Waals surface area contributed by atoms with Gasteiger partial charge in [-0.25, -0.2) is 13.8 Å². The van der Waals surface area contributed by atoms with Crippen molar-refractivity contribution in [2.45, 2.75) is 32.7 Å². The van der Waals surface area contributed by atoms with Crippen LogP contribution in [0.3, 0.4) is 0 Å². The molecule has 0 atom stereocenters. The first-order valence-corrected chi connectivity index (χ1v) is 23.3. The van der Waals surface area contributed by atoms with E-state index in [1.165, 1.54) is 60.2 Å². The number of benzene rings is 4. The van der Waals surface area contributed by atoms with Crippen molar-refractivity contribution < 1.29 is 54.9 Å². The first kappa shape index (κ1) is 56.2. The van der Waals surface area contributed by atoms with E-state index >= 15 is 4.39 Å². The molecule has 0 saturated heterocycles. The predicted octanol–water partition coefficient (Wildman–Crippen LogP) is 12.3. The van der Waals surface area contributed by atoms with Crippen molar-refractivity contribution in [1.29, 1.82) is 15.8 Å². The SMILES string of the molecule is CCOC(=O)Cc1nc(F)cc(Oc2cc(Cl)cc(C#N)c2)c1F.N#Cc1cc(Cl)cc(Oc2c(F)c(CC(=O)N3CCc4ccccc4C3)[nH]c(=O)c2Br)c1.N#Cc1cc(Cl)cc(Oc2cc(F)nc(F)c2F)c1. The van der Waals surface area contributed by atoms with Gasteiger partial charge in [-0.1, -0.05) is 59.1 Å². The van der Waals surface area contributed by atoms with Crippen LogP contribution < -0.4 is 19.8 Å². The van der Waals surface area contributed by atoms with Crippen LogP contribution in [0, 0.1) is 69.3 Å². The maximum atomic E-state index is 15.3. The summed E-state index contributed by atoms with van der Waals surface area (Å²) in [7, 11) is 0. The number of aromatic nitrogens is 3. The van der Waals surface area contributed by atoms with Crippen molar-refractivity contribution in [3.05, 3.63) is 195 Å². The Morgan fingerprint density at radius 3 is 1.73 bits per heavy atom. The number of nitriles is 3. The molecule has 7 aromatic rings. The molecule has 24 heteroatoms. The van der Waals surface area contributed by atoms with Crippen LogP contribution in [0.2, 0.25) is 15.1 Å². The summed E-state index contributed by atoms with van der Waals surface area (Å²) >= 11 is 20.5. The van der Waals surface area contributed by atoms with Crippen LogP contribution in [0.4, 0.5) is 26.3 Å². The molecule has 14 nitrogen and oxygen atoms in total. The minimum Gasteiger partial charge on any atom is -0.466 e. The summed E-state index contributed by atoms with van der Waals surface area (Å²) < 4.78 is 103. The van der Waals surface area contributed by atoms with Gasteiger partial charge in [0.2, 0.25) is 23.6 Å². The highest BCUT2D eigenvalue weighted by molar-refractivity contribution is 9.10. The Bertz CT molecular complexity index is 3540. The number of aromatic amines is 1. The molecule has 4 heterocycles. The topological polar surface area (TPSA) is 204 Å². The van der Waals surface area contributed by atoms with Crippen molar-refractivity contribution in [2.75, 3.05) is 13.2 Å². The fourth-order valence-corrected chi connectivity index (χ4v) is 7.81. The molecule has 1 N–H and O–H groups in total. The number of halogens is 10. The molecule has 1 amide bonds. The Balaban J connectivity index is 0.000000190. The fraction of sp³-hybridized carbons (Fsp3) is 0.137. The van der Waals surface area contributed by atoms with Gasteiger partial charge in [-0.05, 0) is 95.0 Å². The third-order valence-corrected chi connectivity index (χ3v) is 11.4. The van der Waals surface area contributed by atoms with Gasteiger partial charge in [0.1, 0.15) is 21.7 Å². The summed E-state index contributed by atoms with van der Waals surface area (Å²) in [6.07, 6.45) is -0.149. The van der Waals surface area contributed by atoms with E-state index in [0.717, 1.165) is 11.6 Å². The lowest BCUT2D eigenvalue weighted by molar-refractivity contribution is -0.142. The number of amides is 1. The summed E-state index contributed by atoms with van der Waals surface area (Å²) in [6.45, 7) is 2.65. The van der Waals surface area contributed by atoms with Gasteiger partial charge in [0.05, 0.1) is 65.7 Å². The quantitative estimate of drug-likeness (QED) is 0.0730. The van der Waals surface area contributed by atoms with Gasteiger partial charge in [-0.2, -0.15) is 38.3 Å². The second-order valence-corrected chi connectivity index (χ2v) is 17.4. The van der Waals surface area contributed by atoms with Crippen LogP contribution in [-0.4, -0.2) is 44.9 Å². The molecule has 75 heavy (non-hydrogen) atoms. The van der Waals surface area contributed by atoms with E-state index in [1.807, 2.05) is 42.5 Å². The molecule has 0 saturated carbocycles. The van der Waals surface area contributed by atoms with Crippen molar-refractivity contribution in [3.8, 4) is 52.7 Å². The van der Waals surface area contributed by atoms with Crippen LogP contribution in [0.1, 0.15) is 46.1 Å². The number of hydrogen-bond donors (Lipinski definition) is 1. The van der Waals surface area contributed by atoms with Crippen molar-refractivity contribution >= 4 is 62.6 Å². The number of ether oxygens (including phenoxy) is 4. The van der Waals surface area contributed by atoms with Crippen LogP contribution in [-0.2, 0) is 40.1 Å². The maximum absolute atomic E-state index is 15.3. The average Bonchev–Trinajstić information content (AvgIpc) is 3.37. The van der Waals surface area contributed by atoms with Crippen LogP contribution in [0.15, 0.2) is 100 Å². The highest BCUT2D eigenvalue weighted by atomic mass is 79.9. The molecule has 0 unspecified atom stereocenters. The van der Waals surface area contributed by atoms with Crippen LogP contribution in [0.25, 0.3) is 0 Å². The molecule has 1 aliphatic rings. The monoisotopic (exact) mass is 1150 g/mol. The molecule has 0 spiro atoms. The van der Waals surface area contributed by atoms with E-state index in [1.54, 1.807) is 11.8 Å². The molecule has 0 bridgehead atoms. The number of rotatable bonds is 11. The van der Waals surface area contributed by atoms with Gasteiger partial charge in [-0.15, -0.1) is 0 Å². The molecule has 0 aliphatic carbocycles. The van der Waals surface area contributed by atoms with E-state index in [4.69, 9.17) is 64.8 Å². The first-order valence-electron chi connectivity index (χ1n) is 21.4. The van der Waals surface area contributed by atoms with Crippen molar-refractivity contribution in [1.82, 2.24) is 19.9 Å². The van der Waals surface area contributed by atoms with Crippen LogP contribution >= 0.6 is 50.7 Å². The smallest absolute Gasteiger partial charge is 0.311 e. The van der Waals surface area contributed by atoms with Crippen molar-refractivity contribution in [2.24, 2.45) is 0 Å². The number of H-pyrrole nitrogens is 1. The lowest BCUT2D eigenvalue weighted by atomic mass is 9.99. The van der Waals surface area contributed by atoms with Gasteiger partial charge >= 0.3 is 5.97 Å². The molecule has 0 radical (unpaired) electrons. The second kappa shape index (κ2) is 25.7. The van der Waals surface area contributed by atoms with E-state index in [2.05, 4.69) is 35.6 Å². The highest BCUT2D eigenvalue weighted by Gasteiger charge is 2.26. The van der Waals surface area contributed by atoms with Crippen molar-refractivity contribution in [3.63, 3.8) is 0 Å². The largest absolute Gasteiger partial charge is 0.466 e. The molecule has 4 aromatic carbocycles. The Hall–Kier alpha value is -8.13. The number of pyridine rings is 3. The summed E-state index contributed by atoms with van der Waals surface area (Å²) in [5, 5.41) is 27.3. The average molecular weight is 1150 g/mol. The highest BCUT2D eigenvalue weighted by Crippen LogP contribution is 2.35. The second-order valence-electron chi connectivity index (χ2n) is 15.3. The van der Waals surface area contributed by atoms with Gasteiger partial charge in [0, 0.05) is 40.3 Å². The van der Waals surface area contributed by atoms with E-state index in [-0.39, 0.29) is 83.9 Å². The zero-order valence-electron chi connectivity index (χ0n) is 38.2. The molecule has 0 fully saturated rings. The Morgan fingerprint density at radius 2 is 1.20 bits per heavy atom. The lowest BCUT2D eigenvalue weighted by Gasteiger charge is -2.29. The summed E-state index contributed by atoms with van der Waals surface area (Å²) in [6, 6.07) is 26.9. The number of hydrogen-bond acceptors (Lipinski definition) is 12. The molecule has 382 valence electrons. The summed E-state index contributed by atoms with van der Waals surface area (Å²) in [5.41, 5.74) is 1.55. The number of carbonyl (C=O) groups excluding carboxylic acids is 2. The maximum Gasteiger partial charge on any atom is 0.311 e. The van der Waals surface area contributed by atoms with Crippen LogP contribution in [0.5, 0.6) is 34.5 Å². The minimum absolute atomic E-state index is 0.0204. The third kappa shape index (κ3) is 15.2. The van der Waals surface area contributed by atoms with Gasteiger partial charge in [-0.3, -0.25) is 14.4 Å². The van der Waals surface area contributed by atoms with E-state index in [9.17, 15) is 36.3 Å². The number of fused-ring (bicyclic) bond motifs is 1. The zero-order valence-corrected chi connectivity index (χ0v) is 42.1. The fourth-order valence-electron chi connectivity index (χ4n) is 6.78. The number of carbonyl (C=O) groups is 2.